The summed E-state index contributed by atoms with van der Waals surface area (Å²) in [6.07, 6.45) is 7.09. The highest BCUT2D eigenvalue weighted by molar-refractivity contribution is 5.44. The van der Waals surface area contributed by atoms with Gasteiger partial charge in [-0.3, -0.25) is 4.98 Å². The van der Waals surface area contributed by atoms with Crippen LogP contribution < -0.4 is 10.2 Å². The van der Waals surface area contributed by atoms with Crippen molar-refractivity contribution in [3.63, 3.8) is 0 Å². The van der Waals surface area contributed by atoms with Crippen LogP contribution in [0.4, 0.5) is 5.69 Å². The molecule has 17 heavy (non-hydrogen) atoms. The van der Waals surface area contributed by atoms with Crippen LogP contribution in [0.3, 0.4) is 0 Å². The van der Waals surface area contributed by atoms with Crippen LogP contribution in [0.5, 0.6) is 0 Å². The van der Waals surface area contributed by atoms with Crippen molar-refractivity contribution in [3.05, 3.63) is 24.0 Å². The molecule has 0 aromatic carbocycles. The second-order valence-electron chi connectivity index (χ2n) is 4.41. The Labute approximate surface area is 105 Å². The maximum atomic E-state index is 4.43. The summed E-state index contributed by atoms with van der Waals surface area (Å²) in [7, 11) is 3.75. The van der Waals surface area contributed by atoms with Crippen LogP contribution in [0.25, 0.3) is 0 Å². The van der Waals surface area contributed by atoms with Gasteiger partial charge in [-0.05, 0) is 51.9 Å². The third-order valence-electron chi connectivity index (χ3n) is 2.89. The number of nitrogens with zero attached hydrogens (tertiary/aromatic N) is 2. The molecule has 1 aromatic heterocycles. The van der Waals surface area contributed by atoms with Crippen LogP contribution in [-0.4, -0.2) is 32.2 Å². The molecule has 2 rings (SSSR count). The van der Waals surface area contributed by atoms with E-state index < -0.39 is 0 Å². The van der Waals surface area contributed by atoms with E-state index >= 15 is 0 Å². The zero-order valence-corrected chi connectivity index (χ0v) is 11.4. The third kappa shape index (κ3) is 4.73. The van der Waals surface area contributed by atoms with Crippen LogP contribution >= 0.6 is 0 Å². The third-order valence-corrected chi connectivity index (χ3v) is 2.89. The van der Waals surface area contributed by atoms with Gasteiger partial charge in [0.25, 0.3) is 0 Å². The first-order valence-corrected chi connectivity index (χ1v) is 6.60. The largest absolute Gasteiger partial charge is 0.370 e. The van der Waals surface area contributed by atoms with Crippen LogP contribution in [0.15, 0.2) is 18.3 Å². The first-order valence-electron chi connectivity index (χ1n) is 6.60. The number of aromatic nitrogens is 1. The number of anilines is 1. The molecular formula is C14H25N3. The fourth-order valence-electron chi connectivity index (χ4n) is 1.96. The van der Waals surface area contributed by atoms with Crippen molar-refractivity contribution in [2.75, 3.05) is 32.1 Å². The lowest BCUT2D eigenvalue weighted by atomic mass is 10.1. The fraction of sp³-hybridized carbons (Fsp3) is 0.643. The summed E-state index contributed by atoms with van der Waals surface area (Å²) in [4.78, 5) is 6.87. The lowest BCUT2D eigenvalue weighted by molar-refractivity contribution is 0.577. The van der Waals surface area contributed by atoms with Gasteiger partial charge in [0, 0.05) is 18.8 Å². The Kier molecular flexibility index (Phi) is 6.63. The van der Waals surface area contributed by atoms with Gasteiger partial charge in [-0.2, -0.15) is 0 Å². The second kappa shape index (κ2) is 8.07. The lowest BCUT2D eigenvalue weighted by Gasteiger charge is -2.28. The van der Waals surface area contributed by atoms with Gasteiger partial charge in [-0.25, -0.2) is 0 Å². The normalized spacial score (nSPS) is 15.1. The van der Waals surface area contributed by atoms with E-state index in [1.54, 1.807) is 0 Å². The highest BCUT2D eigenvalue weighted by Crippen LogP contribution is 2.18. The Morgan fingerprint density at radius 2 is 1.82 bits per heavy atom. The molecule has 1 aliphatic heterocycles. The average Bonchev–Trinajstić information content (AvgIpc) is 2.41. The van der Waals surface area contributed by atoms with Gasteiger partial charge in [0.15, 0.2) is 0 Å². The van der Waals surface area contributed by atoms with Crippen molar-refractivity contribution in [2.45, 2.75) is 32.6 Å². The zero-order valence-electron chi connectivity index (χ0n) is 11.4. The number of rotatable bonds is 2. The molecule has 3 heteroatoms. The molecule has 1 aromatic rings. The molecule has 2 heterocycles. The topological polar surface area (TPSA) is 28.2 Å². The smallest absolute Gasteiger partial charge is 0.0552 e. The van der Waals surface area contributed by atoms with Gasteiger partial charge < -0.3 is 10.2 Å². The van der Waals surface area contributed by atoms with Crippen molar-refractivity contribution in [1.82, 2.24) is 10.3 Å². The molecule has 0 atom stereocenters. The monoisotopic (exact) mass is 235 g/mol. The Bertz CT molecular complexity index is 289. The number of hydrogen-bond donors (Lipinski definition) is 1. The molecule has 0 amide bonds. The summed E-state index contributed by atoms with van der Waals surface area (Å²) < 4.78 is 0. The van der Waals surface area contributed by atoms with E-state index in [4.69, 9.17) is 0 Å². The van der Waals surface area contributed by atoms with E-state index in [0.29, 0.717) is 0 Å². The Morgan fingerprint density at radius 3 is 2.29 bits per heavy atom. The molecular weight excluding hydrogens is 210 g/mol. The maximum Gasteiger partial charge on any atom is 0.0552 e. The van der Waals surface area contributed by atoms with Crippen LogP contribution in [0.2, 0.25) is 0 Å². The van der Waals surface area contributed by atoms with Crippen LogP contribution in [0, 0.1) is 0 Å². The van der Waals surface area contributed by atoms with Crippen molar-refractivity contribution in [2.24, 2.45) is 0 Å². The lowest BCUT2D eigenvalue weighted by Crippen LogP contribution is -2.29. The number of piperidine rings is 1. The summed E-state index contributed by atoms with van der Waals surface area (Å²) >= 11 is 0. The summed E-state index contributed by atoms with van der Waals surface area (Å²) in [5, 5.41) is 2.75. The first kappa shape index (κ1) is 14.0. The average molecular weight is 235 g/mol. The minimum atomic E-state index is 1.03. The summed E-state index contributed by atoms with van der Waals surface area (Å²) in [5.74, 6) is 0. The predicted octanol–water partition coefficient (Wildman–Crippen LogP) is 2.47. The number of hydrogen-bond acceptors (Lipinski definition) is 3. The molecule has 0 bridgehead atoms. The fourth-order valence-corrected chi connectivity index (χ4v) is 1.96. The zero-order chi connectivity index (χ0) is 12.5. The molecule has 1 aliphatic rings. The van der Waals surface area contributed by atoms with E-state index in [1.807, 2.05) is 20.3 Å². The van der Waals surface area contributed by atoms with Gasteiger partial charge in [-0.15, -0.1) is 0 Å². The van der Waals surface area contributed by atoms with Gasteiger partial charge >= 0.3 is 0 Å². The Morgan fingerprint density at radius 1 is 1.18 bits per heavy atom. The summed E-state index contributed by atoms with van der Waals surface area (Å²) in [5.41, 5.74) is 2.48. The van der Waals surface area contributed by atoms with Crippen LogP contribution in [-0.2, 0) is 6.42 Å². The van der Waals surface area contributed by atoms with E-state index in [-0.39, 0.29) is 0 Å². The summed E-state index contributed by atoms with van der Waals surface area (Å²) in [6.45, 7) is 4.54. The molecule has 0 spiro atoms. The SMILES string of the molecule is CCc1ccc(N2CCCCC2)cn1.CNC. The molecule has 1 fully saturated rings. The highest BCUT2D eigenvalue weighted by Gasteiger charge is 2.10. The molecule has 3 nitrogen and oxygen atoms in total. The standard InChI is InChI=1S/C12H18N2.C2H7N/c1-2-11-6-7-12(10-13-11)14-8-4-3-5-9-14;1-3-2/h6-7,10H,2-5,8-9H2,1H3;3H,1-2H3. The van der Waals surface area contributed by atoms with Crippen molar-refractivity contribution < 1.29 is 0 Å². The molecule has 0 aliphatic carbocycles. The van der Waals surface area contributed by atoms with E-state index in [9.17, 15) is 0 Å². The second-order valence-corrected chi connectivity index (χ2v) is 4.41. The van der Waals surface area contributed by atoms with Crippen molar-refractivity contribution in [3.8, 4) is 0 Å². The number of nitrogens with one attached hydrogen (secondary N) is 1. The Balaban J connectivity index is 0.000000437. The summed E-state index contributed by atoms with van der Waals surface area (Å²) in [6, 6.07) is 4.35. The maximum absolute atomic E-state index is 4.43. The first-order chi connectivity index (χ1) is 8.31. The predicted molar refractivity (Wildman–Crippen MR) is 74.7 cm³/mol. The van der Waals surface area contributed by atoms with E-state index in [2.05, 4.69) is 34.3 Å². The molecule has 0 unspecified atom stereocenters. The van der Waals surface area contributed by atoms with E-state index in [1.165, 1.54) is 43.7 Å². The minimum absolute atomic E-state index is 1.03. The quantitative estimate of drug-likeness (QED) is 0.853. The number of aryl methyl sites for hydroxylation is 1. The van der Waals surface area contributed by atoms with Crippen LogP contribution in [0.1, 0.15) is 31.9 Å². The molecule has 1 saturated heterocycles. The van der Waals surface area contributed by atoms with Gasteiger partial charge in [-0.1, -0.05) is 6.92 Å². The van der Waals surface area contributed by atoms with Crippen molar-refractivity contribution >= 4 is 5.69 Å². The molecule has 0 radical (unpaired) electrons. The van der Waals surface area contributed by atoms with Gasteiger partial charge in [0.1, 0.15) is 0 Å². The number of pyridine rings is 1. The van der Waals surface area contributed by atoms with Gasteiger partial charge in [0.2, 0.25) is 0 Å². The Hall–Kier alpha value is -1.09. The van der Waals surface area contributed by atoms with Gasteiger partial charge in [0.05, 0.1) is 11.9 Å². The minimum Gasteiger partial charge on any atom is -0.370 e. The highest BCUT2D eigenvalue weighted by atomic mass is 15.1. The van der Waals surface area contributed by atoms with E-state index in [0.717, 1.165) is 6.42 Å². The van der Waals surface area contributed by atoms with Crippen molar-refractivity contribution in [1.29, 1.82) is 0 Å². The molecule has 0 saturated carbocycles. The molecule has 1 N–H and O–H groups in total. The molecule has 96 valence electrons.